The van der Waals surface area contributed by atoms with Crippen molar-refractivity contribution in [3.05, 3.63) is 31.9 Å². The Kier molecular flexibility index (Phi) is 7.14. The second-order valence-electron chi connectivity index (χ2n) is 7.64. The minimum Gasteiger partial charge on any atom is -0.459 e. The van der Waals surface area contributed by atoms with Crippen molar-refractivity contribution in [1.29, 1.82) is 0 Å². The molecule has 0 radical (unpaired) electrons. The third kappa shape index (κ3) is 5.31. The number of carbonyl (C=O) groups excluding carboxylic acids is 2. The number of ether oxygens (including phenoxy) is 1. The predicted molar refractivity (Wildman–Crippen MR) is 114 cm³/mol. The van der Waals surface area contributed by atoms with Crippen molar-refractivity contribution in [2.45, 2.75) is 71.7 Å². The quantitative estimate of drug-likeness (QED) is 0.508. The molecule has 0 fully saturated rings. The first-order valence-electron chi connectivity index (χ1n) is 9.94. The van der Waals surface area contributed by atoms with Gasteiger partial charge in [0.1, 0.15) is 5.00 Å². The first kappa shape index (κ1) is 23.8. The Morgan fingerprint density at radius 3 is 2.58 bits per heavy atom. The van der Waals surface area contributed by atoms with E-state index in [0.717, 1.165) is 40.8 Å². The Hall–Kier alpha value is -1.88. The van der Waals surface area contributed by atoms with Gasteiger partial charge in [-0.25, -0.2) is 4.79 Å². The number of fused-ring (bicyclic) bond motifs is 1. The highest BCUT2D eigenvalue weighted by Gasteiger charge is 2.38. The van der Waals surface area contributed by atoms with Gasteiger partial charge in [-0.15, -0.1) is 11.3 Å². The van der Waals surface area contributed by atoms with Crippen molar-refractivity contribution in [3.8, 4) is 0 Å². The number of thiophene rings is 1. The van der Waals surface area contributed by atoms with E-state index in [1.807, 2.05) is 0 Å². The van der Waals surface area contributed by atoms with Crippen molar-refractivity contribution in [3.63, 3.8) is 0 Å². The molecule has 2 aromatic heterocycles. The molecular formula is C20H23BrF3N3O3S. The molecule has 0 aliphatic heterocycles. The molecule has 0 saturated heterocycles. The van der Waals surface area contributed by atoms with Gasteiger partial charge in [0, 0.05) is 11.3 Å². The first-order chi connectivity index (χ1) is 14.5. The summed E-state index contributed by atoms with van der Waals surface area (Å²) in [6.07, 6.45) is -1.38. The van der Waals surface area contributed by atoms with Gasteiger partial charge in [-0.2, -0.15) is 18.3 Å². The van der Waals surface area contributed by atoms with Crippen molar-refractivity contribution < 1.29 is 27.5 Å². The molecule has 1 aliphatic carbocycles. The van der Waals surface area contributed by atoms with Crippen LogP contribution in [0.15, 0.2) is 4.47 Å². The number of aryl methyl sites for hydroxylation is 2. The molecule has 0 aromatic carbocycles. The van der Waals surface area contributed by atoms with Crippen LogP contribution < -0.4 is 5.32 Å². The number of nitrogens with one attached hydrogen (secondary N) is 1. The molecule has 1 amide bonds. The van der Waals surface area contributed by atoms with E-state index in [0.29, 0.717) is 10.6 Å². The second-order valence-corrected chi connectivity index (χ2v) is 9.53. The smallest absolute Gasteiger partial charge is 0.436 e. The van der Waals surface area contributed by atoms with Crippen LogP contribution in [0.1, 0.15) is 65.3 Å². The molecule has 1 aliphatic rings. The highest BCUT2D eigenvalue weighted by Crippen LogP contribution is 2.39. The Morgan fingerprint density at radius 1 is 1.29 bits per heavy atom. The molecule has 11 heteroatoms. The van der Waals surface area contributed by atoms with E-state index >= 15 is 0 Å². The summed E-state index contributed by atoms with van der Waals surface area (Å²) >= 11 is 4.29. The normalized spacial score (nSPS) is 13.9. The molecule has 0 bridgehead atoms. The standard InChI is InChI=1S/C20H23BrF3N3O3S/c1-10(2)30-19(29)15-12-6-4-5-7-13(12)31-18(15)25-14(28)8-9-27-11(3)16(21)17(26-27)20(22,23)24/h10H,4-9H2,1-3H3,(H,25,28). The number of amides is 1. The lowest BCUT2D eigenvalue weighted by Gasteiger charge is -2.14. The third-order valence-electron chi connectivity index (χ3n) is 4.92. The van der Waals surface area contributed by atoms with Crippen molar-refractivity contribution in [2.24, 2.45) is 0 Å². The average Bonchev–Trinajstić information content (AvgIpc) is 3.17. The van der Waals surface area contributed by atoms with Crippen LogP contribution in [-0.2, 0) is 35.1 Å². The number of halogens is 4. The van der Waals surface area contributed by atoms with Gasteiger partial charge >= 0.3 is 12.1 Å². The van der Waals surface area contributed by atoms with Gasteiger partial charge in [0.25, 0.3) is 0 Å². The molecule has 2 aromatic rings. The summed E-state index contributed by atoms with van der Waals surface area (Å²) < 4.78 is 45.5. The number of aromatic nitrogens is 2. The number of hydrogen-bond acceptors (Lipinski definition) is 5. The van der Waals surface area contributed by atoms with Crippen LogP contribution in [0.3, 0.4) is 0 Å². The fourth-order valence-electron chi connectivity index (χ4n) is 3.46. The van der Waals surface area contributed by atoms with Crippen molar-refractivity contribution in [2.75, 3.05) is 5.32 Å². The topological polar surface area (TPSA) is 73.2 Å². The van der Waals surface area contributed by atoms with Gasteiger partial charge in [-0.1, -0.05) is 0 Å². The van der Waals surface area contributed by atoms with E-state index in [-0.39, 0.29) is 29.2 Å². The molecule has 31 heavy (non-hydrogen) atoms. The number of carbonyl (C=O) groups is 2. The van der Waals surface area contributed by atoms with Gasteiger partial charge in [-0.05, 0) is 67.9 Å². The maximum absolute atomic E-state index is 13.0. The van der Waals surface area contributed by atoms with Crippen LogP contribution in [0.4, 0.5) is 18.2 Å². The lowest BCUT2D eigenvalue weighted by molar-refractivity contribution is -0.142. The summed E-state index contributed by atoms with van der Waals surface area (Å²) in [7, 11) is 0. The summed E-state index contributed by atoms with van der Waals surface area (Å²) in [6.45, 7) is 4.99. The maximum Gasteiger partial charge on any atom is 0.436 e. The minimum absolute atomic E-state index is 0.0246. The van der Waals surface area contributed by atoms with Gasteiger partial charge in [0.2, 0.25) is 5.91 Å². The zero-order valence-corrected chi connectivity index (χ0v) is 19.8. The highest BCUT2D eigenvalue weighted by molar-refractivity contribution is 9.10. The number of alkyl halides is 3. The van der Waals surface area contributed by atoms with E-state index in [2.05, 4.69) is 26.3 Å². The van der Waals surface area contributed by atoms with Crippen LogP contribution in [0, 0.1) is 6.92 Å². The van der Waals surface area contributed by atoms with Crippen LogP contribution in [0.5, 0.6) is 0 Å². The fraction of sp³-hybridized carbons (Fsp3) is 0.550. The highest BCUT2D eigenvalue weighted by atomic mass is 79.9. The van der Waals surface area contributed by atoms with Gasteiger partial charge in [-0.3, -0.25) is 9.48 Å². The Labute approximate surface area is 190 Å². The van der Waals surface area contributed by atoms with Gasteiger partial charge < -0.3 is 10.1 Å². The molecule has 170 valence electrons. The largest absolute Gasteiger partial charge is 0.459 e. The maximum atomic E-state index is 13.0. The van der Waals surface area contributed by atoms with Gasteiger partial charge in [0.05, 0.1) is 28.4 Å². The van der Waals surface area contributed by atoms with Crippen LogP contribution >= 0.6 is 27.3 Å². The summed E-state index contributed by atoms with van der Waals surface area (Å²) in [4.78, 5) is 26.3. The average molecular weight is 522 g/mol. The lowest BCUT2D eigenvalue weighted by Crippen LogP contribution is -2.19. The summed E-state index contributed by atoms with van der Waals surface area (Å²) in [5.41, 5.74) is 0.598. The number of rotatable bonds is 6. The molecule has 0 spiro atoms. The lowest BCUT2D eigenvalue weighted by atomic mass is 9.95. The Balaban J connectivity index is 1.75. The zero-order chi connectivity index (χ0) is 22.9. The Morgan fingerprint density at radius 2 is 1.97 bits per heavy atom. The molecule has 1 N–H and O–H groups in total. The van der Waals surface area contributed by atoms with E-state index < -0.39 is 23.7 Å². The number of anilines is 1. The molecule has 3 rings (SSSR count). The zero-order valence-electron chi connectivity index (χ0n) is 17.4. The number of nitrogens with zero attached hydrogens (tertiary/aromatic N) is 2. The first-order valence-corrected chi connectivity index (χ1v) is 11.6. The Bertz CT molecular complexity index is 998. The third-order valence-corrected chi connectivity index (χ3v) is 7.08. The van der Waals surface area contributed by atoms with Crippen LogP contribution in [0.25, 0.3) is 0 Å². The van der Waals surface area contributed by atoms with E-state index in [1.165, 1.54) is 18.3 Å². The SMILES string of the molecule is Cc1c(Br)c(C(F)(F)F)nn1CCC(=O)Nc1sc2c(c1C(=O)OC(C)C)CCCC2. The molecule has 0 unspecified atom stereocenters. The van der Waals surface area contributed by atoms with E-state index in [4.69, 9.17) is 4.74 Å². The van der Waals surface area contributed by atoms with Crippen LogP contribution in [-0.4, -0.2) is 27.8 Å². The summed E-state index contributed by atoms with van der Waals surface area (Å²) in [6, 6.07) is 0. The fourth-order valence-corrected chi connectivity index (χ4v) is 5.26. The van der Waals surface area contributed by atoms with Crippen LogP contribution in [0.2, 0.25) is 0 Å². The molecule has 0 saturated carbocycles. The number of hydrogen-bond donors (Lipinski definition) is 1. The molecule has 2 heterocycles. The van der Waals surface area contributed by atoms with E-state index in [1.54, 1.807) is 13.8 Å². The predicted octanol–water partition coefficient (Wildman–Crippen LogP) is 5.51. The second kappa shape index (κ2) is 9.32. The van der Waals surface area contributed by atoms with E-state index in [9.17, 15) is 22.8 Å². The minimum atomic E-state index is -4.58. The molecule has 0 atom stereocenters. The molecular weight excluding hydrogens is 499 g/mol. The summed E-state index contributed by atoms with van der Waals surface area (Å²) in [5, 5.41) is 6.79. The summed E-state index contributed by atoms with van der Waals surface area (Å²) in [5.74, 6) is -0.872. The van der Waals surface area contributed by atoms with Gasteiger partial charge in [0.15, 0.2) is 5.69 Å². The van der Waals surface area contributed by atoms with Crippen molar-refractivity contribution in [1.82, 2.24) is 9.78 Å². The van der Waals surface area contributed by atoms with Crippen molar-refractivity contribution >= 4 is 44.1 Å². The monoisotopic (exact) mass is 521 g/mol. The molecule has 6 nitrogen and oxygen atoms in total. The number of esters is 1.